The van der Waals surface area contributed by atoms with Crippen molar-refractivity contribution >= 4 is 11.9 Å². The summed E-state index contributed by atoms with van der Waals surface area (Å²) in [6, 6.07) is 7.48. The average Bonchev–Trinajstić information content (AvgIpc) is 2.74. The molecule has 1 aliphatic carbocycles. The lowest BCUT2D eigenvalue weighted by Gasteiger charge is -2.39. The molecule has 1 aromatic rings. The Labute approximate surface area is 144 Å². The van der Waals surface area contributed by atoms with Crippen molar-refractivity contribution < 1.29 is 14.3 Å². The molecule has 3 rings (SSSR count). The first-order valence-electron chi connectivity index (χ1n) is 8.71. The number of aryl methyl sites for hydroxylation is 1. The Hall–Kier alpha value is -1.84. The maximum Gasteiger partial charge on any atom is 0.338 e. The molecule has 1 saturated heterocycles. The summed E-state index contributed by atoms with van der Waals surface area (Å²) in [5.41, 5.74) is 2.04. The first-order valence-corrected chi connectivity index (χ1v) is 8.71. The van der Waals surface area contributed by atoms with E-state index in [2.05, 4.69) is 20.8 Å². The molecule has 1 aromatic carbocycles. The van der Waals surface area contributed by atoms with Gasteiger partial charge in [-0.15, -0.1) is 0 Å². The highest BCUT2D eigenvalue weighted by atomic mass is 16.5. The third-order valence-electron chi connectivity index (χ3n) is 5.35. The van der Waals surface area contributed by atoms with Crippen LogP contribution in [0.4, 0.5) is 0 Å². The SMILES string of the molecule is Cc1ccc(C(=O)OCC(=O)N2CC3(C)CC2CC(C)(C)C3)cc1. The summed E-state index contributed by atoms with van der Waals surface area (Å²) in [6.45, 7) is 9.41. The second kappa shape index (κ2) is 5.91. The van der Waals surface area contributed by atoms with Crippen LogP contribution in [0.15, 0.2) is 24.3 Å². The largest absolute Gasteiger partial charge is 0.452 e. The van der Waals surface area contributed by atoms with Gasteiger partial charge in [-0.1, -0.05) is 38.5 Å². The van der Waals surface area contributed by atoms with Gasteiger partial charge in [-0.3, -0.25) is 4.79 Å². The van der Waals surface area contributed by atoms with Crippen LogP contribution in [0.25, 0.3) is 0 Å². The molecular weight excluding hydrogens is 302 g/mol. The van der Waals surface area contributed by atoms with Gasteiger partial charge in [-0.2, -0.15) is 0 Å². The number of nitrogens with zero attached hydrogens (tertiary/aromatic N) is 1. The highest BCUT2D eigenvalue weighted by Crippen LogP contribution is 2.52. The van der Waals surface area contributed by atoms with Crippen molar-refractivity contribution in [1.82, 2.24) is 4.90 Å². The molecule has 0 aromatic heterocycles. The van der Waals surface area contributed by atoms with Gasteiger partial charge < -0.3 is 9.64 Å². The van der Waals surface area contributed by atoms with Crippen molar-refractivity contribution in [2.75, 3.05) is 13.2 Å². The number of likely N-dealkylation sites (tertiary alicyclic amines) is 1. The number of amides is 1. The minimum absolute atomic E-state index is 0.0677. The smallest absolute Gasteiger partial charge is 0.338 e. The van der Waals surface area contributed by atoms with Crippen molar-refractivity contribution in [3.05, 3.63) is 35.4 Å². The van der Waals surface area contributed by atoms with E-state index in [-0.39, 0.29) is 29.4 Å². The van der Waals surface area contributed by atoms with Crippen LogP contribution in [0.1, 0.15) is 56.0 Å². The number of carbonyl (C=O) groups excluding carboxylic acids is 2. The van der Waals surface area contributed by atoms with Gasteiger partial charge in [0.05, 0.1) is 5.56 Å². The van der Waals surface area contributed by atoms with Crippen LogP contribution < -0.4 is 0 Å². The highest BCUT2D eigenvalue weighted by Gasteiger charge is 2.50. The molecule has 2 aliphatic rings. The minimum atomic E-state index is -0.433. The molecule has 0 N–H and O–H groups in total. The van der Waals surface area contributed by atoms with Crippen molar-refractivity contribution in [2.45, 2.75) is 53.0 Å². The van der Waals surface area contributed by atoms with Gasteiger partial charge in [0.1, 0.15) is 0 Å². The number of esters is 1. The average molecular weight is 329 g/mol. The molecule has 2 atom stereocenters. The first-order chi connectivity index (χ1) is 11.2. The monoisotopic (exact) mass is 329 g/mol. The van der Waals surface area contributed by atoms with Gasteiger partial charge in [0.15, 0.2) is 6.61 Å². The normalized spacial score (nSPS) is 27.8. The van der Waals surface area contributed by atoms with E-state index >= 15 is 0 Å². The van der Waals surface area contributed by atoms with Crippen LogP contribution in [0.3, 0.4) is 0 Å². The minimum Gasteiger partial charge on any atom is -0.452 e. The zero-order valence-corrected chi connectivity index (χ0v) is 15.1. The van der Waals surface area contributed by atoms with E-state index in [1.807, 2.05) is 24.0 Å². The Morgan fingerprint density at radius 2 is 1.83 bits per heavy atom. The number of hydrogen-bond acceptors (Lipinski definition) is 3. The van der Waals surface area contributed by atoms with Crippen LogP contribution in [0.5, 0.6) is 0 Å². The topological polar surface area (TPSA) is 46.6 Å². The van der Waals surface area contributed by atoms with Crippen molar-refractivity contribution in [3.8, 4) is 0 Å². The van der Waals surface area contributed by atoms with Crippen molar-refractivity contribution in [1.29, 1.82) is 0 Å². The summed E-state index contributed by atoms with van der Waals surface area (Å²) in [7, 11) is 0. The van der Waals surface area contributed by atoms with Crippen LogP contribution in [-0.2, 0) is 9.53 Å². The number of ether oxygens (including phenoxy) is 1. The lowest BCUT2D eigenvalue weighted by Crippen LogP contribution is -2.39. The zero-order valence-electron chi connectivity index (χ0n) is 15.1. The summed E-state index contributed by atoms with van der Waals surface area (Å²) in [4.78, 5) is 26.6. The molecule has 2 fully saturated rings. The standard InChI is InChI=1S/C20H27NO3/c1-14-5-7-15(8-6-14)18(23)24-11-17(22)21-13-20(4)10-16(21)9-19(2,3)12-20/h5-8,16H,9-13H2,1-4H3. The molecule has 130 valence electrons. The molecule has 1 heterocycles. The third kappa shape index (κ3) is 3.47. The van der Waals surface area contributed by atoms with Crippen molar-refractivity contribution in [2.24, 2.45) is 10.8 Å². The highest BCUT2D eigenvalue weighted by molar-refractivity contribution is 5.91. The summed E-state index contributed by atoms with van der Waals surface area (Å²) in [5, 5.41) is 0. The Bertz CT molecular complexity index is 649. The lowest BCUT2D eigenvalue weighted by atomic mass is 9.65. The van der Waals surface area contributed by atoms with Gasteiger partial charge in [-0.05, 0) is 49.1 Å². The van der Waals surface area contributed by atoms with E-state index < -0.39 is 5.97 Å². The Morgan fingerprint density at radius 3 is 2.50 bits per heavy atom. The van der Waals surface area contributed by atoms with Gasteiger partial charge in [0.2, 0.25) is 0 Å². The summed E-state index contributed by atoms with van der Waals surface area (Å²) in [5.74, 6) is -0.501. The fourth-order valence-electron chi connectivity index (χ4n) is 4.73. The maximum atomic E-state index is 12.6. The molecule has 2 bridgehead atoms. The Morgan fingerprint density at radius 1 is 1.17 bits per heavy atom. The van der Waals surface area contributed by atoms with Gasteiger partial charge in [0, 0.05) is 12.6 Å². The number of hydrogen-bond donors (Lipinski definition) is 0. The van der Waals surface area contributed by atoms with E-state index in [1.54, 1.807) is 12.1 Å². The van der Waals surface area contributed by atoms with Gasteiger partial charge in [0.25, 0.3) is 5.91 Å². The van der Waals surface area contributed by atoms with Crippen LogP contribution in [0.2, 0.25) is 0 Å². The fraction of sp³-hybridized carbons (Fsp3) is 0.600. The van der Waals surface area contributed by atoms with E-state index in [4.69, 9.17) is 4.74 Å². The number of carbonyl (C=O) groups is 2. The Kier molecular flexibility index (Phi) is 4.18. The molecule has 4 nitrogen and oxygen atoms in total. The van der Waals surface area contributed by atoms with E-state index in [0.717, 1.165) is 31.4 Å². The fourth-order valence-corrected chi connectivity index (χ4v) is 4.73. The third-order valence-corrected chi connectivity index (χ3v) is 5.35. The summed E-state index contributed by atoms with van der Waals surface area (Å²) in [6.07, 6.45) is 3.23. The summed E-state index contributed by atoms with van der Waals surface area (Å²) >= 11 is 0. The van der Waals surface area contributed by atoms with Gasteiger partial charge >= 0.3 is 5.97 Å². The molecule has 4 heteroatoms. The summed E-state index contributed by atoms with van der Waals surface area (Å²) < 4.78 is 5.25. The first kappa shape index (κ1) is 17.0. The Balaban J connectivity index is 1.60. The predicted molar refractivity (Wildman–Crippen MR) is 92.7 cm³/mol. The second-order valence-electron chi connectivity index (χ2n) is 8.68. The van der Waals surface area contributed by atoms with E-state index in [1.165, 1.54) is 0 Å². The maximum absolute atomic E-state index is 12.6. The molecule has 1 aliphatic heterocycles. The number of benzene rings is 1. The molecule has 0 spiro atoms. The van der Waals surface area contributed by atoms with Gasteiger partial charge in [-0.25, -0.2) is 4.79 Å². The quantitative estimate of drug-likeness (QED) is 0.796. The molecular formula is C20H27NO3. The molecule has 24 heavy (non-hydrogen) atoms. The molecule has 1 saturated carbocycles. The number of fused-ring (bicyclic) bond motifs is 2. The number of rotatable bonds is 3. The molecule has 1 amide bonds. The zero-order chi connectivity index (χ0) is 17.5. The second-order valence-corrected chi connectivity index (χ2v) is 8.68. The van der Waals surface area contributed by atoms with Crippen LogP contribution in [0, 0.1) is 17.8 Å². The van der Waals surface area contributed by atoms with E-state index in [0.29, 0.717) is 5.56 Å². The van der Waals surface area contributed by atoms with Crippen molar-refractivity contribution in [3.63, 3.8) is 0 Å². The molecule has 0 radical (unpaired) electrons. The van der Waals surface area contributed by atoms with Crippen LogP contribution in [-0.4, -0.2) is 36.0 Å². The van der Waals surface area contributed by atoms with Crippen LogP contribution >= 0.6 is 0 Å². The predicted octanol–water partition coefficient (Wildman–Crippen LogP) is 3.58. The molecule has 2 unspecified atom stereocenters. The lowest BCUT2D eigenvalue weighted by molar-refractivity contribution is -0.135. The van der Waals surface area contributed by atoms with E-state index in [9.17, 15) is 9.59 Å².